The number of carbonyl (C=O) groups excluding carboxylic acids is 2. The fraction of sp³-hybridized carbons (Fsp3) is 0.278. The highest BCUT2D eigenvalue weighted by molar-refractivity contribution is 9.10. The first-order chi connectivity index (χ1) is 24.1. The van der Waals surface area contributed by atoms with E-state index in [-0.39, 0.29) is 49.1 Å². The van der Waals surface area contributed by atoms with Gasteiger partial charge in [-0.3, -0.25) is 9.36 Å². The quantitative estimate of drug-likeness (QED) is 0.168. The van der Waals surface area contributed by atoms with E-state index in [1.165, 1.54) is 42.3 Å². The van der Waals surface area contributed by atoms with Crippen molar-refractivity contribution in [3.63, 3.8) is 0 Å². The molecule has 0 unspecified atom stereocenters. The summed E-state index contributed by atoms with van der Waals surface area (Å²) in [5.74, 6) is -0.0588. The largest absolute Gasteiger partial charge is 0.493 e. The minimum Gasteiger partial charge on any atom is -0.493 e. The summed E-state index contributed by atoms with van der Waals surface area (Å²) in [5, 5.41) is 0. The number of hydrogen-bond acceptors (Lipinski definition) is 11. The number of halogens is 2. The summed E-state index contributed by atoms with van der Waals surface area (Å²) in [7, 11) is 2.77. The van der Waals surface area contributed by atoms with Gasteiger partial charge in [0.05, 0.1) is 53.8 Å². The number of benzene rings is 3. The van der Waals surface area contributed by atoms with E-state index in [2.05, 4.69) is 25.7 Å². The number of esters is 2. The molecule has 2 heterocycles. The second-order valence-electron chi connectivity index (χ2n) is 10.8. The number of fused-ring (bicyclic) bond motifs is 1. The standard InChI is InChI=1S/C36H34BrFN2O9S/c1-6-46-27-17-23(10-13-26(27)48-19-30(41)45-5)32-31(35(43)47-7-2)20(3)39-36-40(32)34(42)29(50-36)16-22-14-25(37)33(28(15-22)44-4)49-18-21-8-11-24(38)12-9-21/h8-17,32H,6-7,18-19H2,1-5H3/b29-16-/t32-/m1/s1. The van der Waals surface area contributed by atoms with Gasteiger partial charge in [0, 0.05) is 0 Å². The Bertz CT molecular complexity index is 2130. The van der Waals surface area contributed by atoms with E-state index in [0.29, 0.717) is 47.9 Å². The van der Waals surface area contributed by atoms with Crippen LogP contribution in [-0.4, -0.2) is 50.5 Å². The fourth-order valence-corrected chi connectivity index (χ4v) is 6.86. The minimum absolute atomic E-state index is 0.123. The maximum Gasteiger partial charge on any atom is 0.343 e. The molecule has 50 heavy (non-hydrogen) atoms. The summed E-state index contributed by atoms with van der Waals surface area (Å²) >= 11 is 4.72. The average molecular weight is 770 g/mol. The molecule has 1 aliphatic rings. The molecule has 0 saturated carbocycles. The molecule has 262 valence electrons. The van der Waals surface area contributed by atoms with Crippen LogP contribution < -0.4 is 33.8 Å². The van der Waals surface area contributed by atoms with E-state index in [4.69, 9.17) is 23.7 Å². The zero-order valence-electron chi connectivity index (χ0n) is 27.9. The molecule has 4 aromatic rings. The van der Waals surface area contributed by atoms with E-state index >= 15 is 0 Å². The predicted octanol–water partition coefficient (Wildman–Crippen LogP) is 5.24. The fourth-order valence-electron chi connectivity index (χ4n) is 5.24. The average Bonchev–Trinajstić information content (AvgIpc) is 3.40. The number of rotatable bonds is 13. The molecule has 0 fully saturated rings. The Labute approximate surface area is 299 Å². The number of nitrogens with zero attached hydrogens (tertiary/aromatic N) is 2. The van der Waals surface area contributed by atoms with Gasteiger partial charge in [-0.05, 0) is 95.9 Å². The van der Waals surface area contributed by atoms with Gasteiger partial charge in [0.15, 0.2) is 34.4 Å². The summed E-state index contributed by atoms with van der Waals surface area (Å²) in [6, 6.07) is 13.6. The summed E-state index contributed by atoms with van der Waals surface area (Å²) < 4.78 is 48.9. The van der Waals surface area contributed by atoms with Crippen molar-refractivity contribution in [2.45, 2.75) is 33.4 Å². The highest BCUT2D eigenvalue weighted by atomic mass is 79.9. The monoisotopic (exact) mass is 768 g/mol. The van der Waals surface area contributed by atoms with Crippen LogP contribution >= 0.6 is 27.3 Å². The lowest BCUT2D eigenvalue weighted by Gasteiger charge is -2.25. The number of methoxy groups -OCH3 is 2. The van der Waals surface area contributed by atoms with Crippen LogP contribution in [0.2, 0.25) is 0 Å². The third-order valence-electron chi connectivity index (χ3n) is 7.52. The summed E-state index contributed by atoms with van der Waals surface area (Å²) in [4.78, 5) is 44.4. The van der Waals surface area contributed by atoms with E-state index in [0.717, 1.165) is 5.56 Å². The molecule has 0 bridgehead atoms. The Balaban J connectivity index is 1.58. The van der Waals surface area contributed by atoms with Gasteiger partial charge in [-0.15, -0.1) is 0 Å². The van der Waals surface area contributed by atoms with Crippen molar-refractivity contribution in [1.82, 2.24) is 4.57 Å². The maximum absolute atomic E-state index is 14.2. The molecule has 11 nitrogen and oxygen atoms in total. The Morgan fingerprint density at radius 3 is 2.42 bits per heavy atom. The van der Waals surface area contributed by atoms with Gasteiger partial charge in [-0.1, -0.05) is 29.5 Å². The number of ether oxygens (including phenoxy) is 6. The number of carbonyl (C=O) groups is 2. The van der Waals surface area contributed by atoms with Crippen molar-refractivity contribution in [3.8, 4) is 23.0 Å². The first-order valence-electron chi connectivity index (χ1n) is 15.5. The van der Waals surface area contributed by atoms with E-state index in [9.17, 15) is 18.8 Å². The Kier molecular flexibility index (Phi) is 11.8. The first kappa shape index (κ1) is 36.3. The molecule has 1 atom stereocenters. The van der Waals surface area contributed by atoms with Crippen LogP contribution in [0.4, 0.5) is 4.39 Å². The molecule has 0 aliphatic carbocycles. The second kappa shape index (κ2) is 16.2. The second-order valence-corrected chi connectivity index (χ2v) is 12.6. The van der Waals surface area contributed by atoms with Crippen molar-refractivity contribution in [3.05, 3.63) is 113 Å². The maximum atomic E-state index is 14.2. The van der Waals surface area contributed by atoms with Crippen LogP contribution in [0.25, 0.3) is 6.08 Å². The third-order valence-corrected chi connectivity index (χ3v) is 9.09. The molecule has 1 aromatic heterocycles. The van der Waals surface area contributed by atoms with Crippen LogP contribution in [0.15, 0.2) is 80.1 Å². The molecule has 0 saturated heterocycles. The van der Waals surface area contributed by atoms with Crippen LogP contribution in [0, 0.1) is 5.82 Å². The molecular weight excluding hydrogens is 735 g/mol. The van der Waals surface area contributed by atoms with Crippen molar-refractivity contribution < 1.29 is 42.4 Å². The van der Waals surface area contributed by atoms with Crippen molar-refractivity contribution in [1.29, 1.82) is 0 Å². The normalized spacial score (nSPS) is 14.1. The minimum atomic E-state index is -0.912. The lowest BCUT2D eigenvalue weighted by Crippen LogP contribution is -2.40. The van der Waals surface area contributed by atoms with Gasteiger partial charge in [0.25, 0.3) is 5.56 Å². The van der Waals surface area contributed by atoms with E-state index in [1.807, 2.05) is 0 Å². The summed E-state index contributed by atoms with van der Waals surface area (Å²) in [6.45, 7) is 5.45. The SMILES string of the molecule is CCOC(=O)C1=C(C)N=c2s/c(=C\c3cc(Br)c(OCc4ccc(F)cc4)c(OC)c3)c(=O)n2[C@@H]1c1ccc(OCC(=O)OC)c(OCC)c1. The lowest BCUT2D eigenvalue weighted by atomic mass is 9.95. The third kappa shape index (κ3) is 7.92. The highest BCUT2D eigenvalue weighted by Gasteiger charge is 2.34. The van der Waals surface area contributed by atoms with Gasteiger partial charge in [0.1, 0.15) is 12.4 Å². The lowest BCUT2D eigenvalue weighted by molar-refractivity contribution is -0.143. The Morgan fingerprint density at radius 2 is 1.74 bits per heavy atom. The van der Waals surface area contributed by atoms with Crippen molar-refractivity contribution in [2.24, 2.45) is 4.99 Å². The topological polar surface area (TPSA) is 124 Å². The van der Waals surface area contributed by atoms with E-state index < -0.39 is 18.0 Å². The highest BCUT2D eigenvalue weighted by Crippen LogP contribution is 2.38. The molecule has 0 amide bonds. The molecule has 1 aliphatic heterocycles. The molecule has 0 radical (unpaired) electrons. The molecular formula is C36H34BrFN2O9S. The molecule has 0 spiro atoms. The van der Waals surface area contributed by atoms with Crippen LogP contribution in [0.1, 0.15) is 43.5 Å². The Morgan fingerprint density at radius 1 is 0.980 bits per heavy atom. The number of allylic oxidation sites excluding steroid dienone is 1. The van der Waals surface area contributed by atoms with Gasteiger partial charge in [-0.25, -0.2) is 19.0 Å². The zero-order valence-corrected chi connectivity index (χ0v) is 30.3. The predicted molar refractivity (Wildman–Crippen MR) is 187 cm³/mol. The van der Waals surface area contributed by atoms with Crippen LogP contribution in [0.3, 0.4) is 0 Å². The van der Waals surface area contributed by atoms with Crippen molar-refractivity contribution in [2.75, 3.05) is 34.0 Å². The number of thiazole rings is 1. The molecule has 3 aromatic carbocycles. The number of aromatic nitrogens is 1. The Hall–Kier alpha value is -4.95. The smallest absolute Gasteiger partial charge is 0.343 e. The van der Waals surface area contributed by atoms with Gasteiger partial charge >= 0.3 is 11.9 Å². The number of hydrogen-bond donors (Lipinski definition) is 0. The molecule has 5 rings (SSSR count). The van der Waals surface area contributed by atoms with Gasteiger partial charge < -0.3 is 28.4 Å². The van der Waals surface area contributed by atoms with Gasteiger partial charge in [-0.2, -0.15) is 0 Å². The van der Waals surface area contributed by atoms with Crippen LogP contribution in [-0.2, 0) is 25.7 Å². The van der Waals surface area contributed by atoms with Gasteiger partial charge in [0.2, 0.25) is 0 Å². The molecule has 0 N–H and O–H groups in total. The van der Waals surface area contributed by atoms with E-state index in [1.54, 1.807) is 69.3 Å². The van der Waals surface area contributed by atoms with Crippen molar-refractivity contribution >= 4 is 45.3 Å². The summed E-state index contributed by atoms with van der Waals surface area (Å²) in [5.41, 5.74) is 2.16. The molecule has 14 heteroatoms. The summed E-state index contributed by atoms with van der Waals surface area (Å²) in [6.07, 6.45) is 1.71. The first-order valence-corrected chi connectivity index (χ1v) is 17.1. The zero-order chi connectivity index (χ0) is 35.9. The van der Waals surface area contributed by atoms with Crippen LogP contribution in [0.5, 0.6) is 23.0 Å².